The van der Waals surface area contributed by atoms with Crippen LogP contribution in [0.1, 0.15) is 38.8 Å². The highest BCUT2D eigenvalue weighted by Gasteiger charge is 2.28. The van der Waals surface area contributed by atoms with Gasteiger partial charge in [0, 0.05) is 24.2 Å². The maximum absolute atomic E-state index is 13.8. The van der Waals surface area contributed by atoms with Gasteiger partial charge in [0.05, 0.1) is 6.42 Å². The maximum atomic E-state index is 13.8. The summed E-state index contributed by atoms with van der Waals surface area (Å²) in [5.41, 5.74) is 0.0243. The Labute approximate surface area is 111 Å². The van der Waals surface area contributed by atoms with Gasteiger partial charge in [0.1, 0.15) is 11.6 Å². The van der Waals surface area contributed by atoms with Crippen LogP contribution in [0.5, 0.6) is 0 Å². The number of halogens is 2. The van der Waals surface area contributed by atoms with Crippen molar-refractivity contribution in [2.24, 2.45) is 5.41 Å². The quantitative estimate of drug-likeness (QED) is 0.865. The van der Waals surface area contributed by atoms with Crippen molar-refractivity contribution < 1.29 is 18.7 Å². The van der Waals surface area contributed by atoms with Crippen molar-refractivity contribution in [3.63, 3.8) is 0 Å². The van der Waals surface area contributed by atoms with Crippen molar-refractivity contribution in [1.29, 1.82) is 0 Å². The molecule has 0 saturated heterocycles. The summed E-state index contributed by atoms with van der Waals surface area (Å²) in [4.78, 5) is 10.5. The van der Waals surface area contributed by atoms with Gasteiger partial charge in [-0.25, -0.2) is 8.78 Å². The molecule has 0 amide bonds. The van der Waals surface area contributed by atoms with Crippen LogP contribution in [-0.4, -0.2) is 17.6 Å². The molecule has 1 unspecified atom stereocenters. The molecule has 0 aliphatic carbocycles. The molecule has 2 N–H and O–H groups in total. The number of benzene rings is 1. The molecule has 0 spiro atoms. The molecule has 0 aliphatic rings. The van der Waals surface area contributed by atoms with E-state index < -0.39 is 17.6 Å². The molecule has 0 radical (unpaired) electrons. The average Bonchev–Trinajstić information content (AvgIpc) is 2.24. The minimum absolute atomic E-state index is 0.0462. The summed E-state index contributed by atoms with van der Waals surface area (Å²) in [6.45, 7) is 5.96. The number of carboxylic acid groups (broad SMARTS) is 1. The van der Waals surface area contributed by atoms with E-state index in [-0.39, 0.29) is 24.4 Å². The van der Waals surface area contributed by atoms with E-state index >= 15 is 0 Å². The van der Waals surface area contributed by atoms with Crippen LogP contribution in [0.25, 0.3) is 0 Å². The SMILES string of the molecule is CC(C)(C)C(NCCC(=O)O)c1ccc(F)cc1F. The summed E-state index contributed by atoms with van der Waals surface area (Å²) >= 11 is 0. The fourth-order valence-electron chi connectivity index (χ4n) is 1.94. The molecule has 1 atom stereocenters. The van der Waals surface area contributed by atoms with Crippen molar-refractivity contribution in [2.45, 2.75) is 33.2 Å². The lowest BCUT2D eigenvalue weighted by Gasteiger charge is -2.32. The summed E-state index contributed by atoms with van der Waals surface area (Å²) in [6, 6.07) is 3.06. The van der Waals surface area contributed by atoms with Crippen LogP contribution >= 0.6 is 0 Å². The van der Waals surface area contributed by atoms with Crippen LogP contribution in [0.15, 0.2) is 18.2 Å². The van der Waals surface area contributed by atoms with Crippen molar-refractivity contribution in [2.75, 3.05) is 6.54 Å². The first-order valence-electron chi connectivity index (χ1n) is 6.12. The van der Waals surface area contributed by atoms with E-state index in [1.807, 2.05) is 20.8 Å². The molecule has 19 heavy (non-hydrogen) atoms. The van der Waals surface area contributed by atoms with E-state index in [1.165, 1.54) is 12.1 Å². The molecular formula is C14H19F2NO2. The Kier molecular flexibility index (Phi) is 5.00. The fraction of sp³-hybridized carbons (Fsp3) is 0.500. The standard InChI is InChI=1S/C14H19F2NO2/c1-14(2,3)13(17-7-6-12(18)19)10-5-4-9(15)8-11(10)16/h4-5,8,13,17H,6-7H2,1-3H3,(H,18,19). The average molecular weight is 271 g/mol. The molecule has 0 aromatic heterocycles. The molecule has 3 nitrogen and oxygen atoms in total. The van der Waals surface area contributed by atoms with Crippen LogP contribution in [0.3, 0.4) is 0 Å². The third-order valence-corrected chi connectivity index (χ3v) is 2.83. The molecule has 0 saturated carbocycles. The molecule has 1 aromatic carbocycles. The monoisotopic (exact) mass is 271 g/mol. The number of carbonyl (C=O) groups is 1. The molecule has 5 heteroatoms. The first-order chi connectivity index (χ1) is 8.71. The minimum atomic E-state index is -0.917. The van der Waals surface area contributed by atoms with Gasteiger partial charge < -0.3 is 10.4 Å². The van der Waals surface area contributed by atoms with Gasteiger partial charge >= 0.3 is 5.97 Å². The Morgan fingerprint density at radius 2 is 2.00 bits per heavy atom. The summed E-state index contributed by atoms with van der Waals surface area (Å²) in [7, 11) is 0. The van der Waals surface area contributed by atoms with Gasteiger partial charge in [-0.3, -0.25) is 4.79 Å². The normalized spacial score (nSPS) is 13.3. The van der Waals surface area contributed by atoms with Crippen LogP contribution < -0.4 is 5.32 Å². The van der Waals surface area contributed by atoms with Gasteiger partial charge in [0.15, 0.2) is 0 Å². The zero-order valence-electron chi connectivity index (χ0n) is 11.3. The molecule has 0 bridgehead atoms. The van der Waals surface area contributed by atoms with Crippen molar-refractivity contribution in [3.8, 4) is 0 Å². The van der Waals surface area contributed by atoms with Gasteiger partial charge in [-0.05, 0) is 11.5 Å². The lowest BCUT2D eigenvalue weighted by atomic mass is 9.82. The van der Waals surface area contributed by atoms with Crippen LogP contribution in [0.4, 0.5) is 8.78 Å². The van der Waals surface area contributed by atoms with Gasteiger partial charge in [0.2, 0.25) is 0 Å². The maximum Gasteiger partial charge on any atom is 0.304 e. The van der Waals surface area contributed by atoms with Crippen LogP contribution in [0.2, 0.25) is 0 Å². The first-order valence-corrected chi connectivity index (χ1v) is 6.12. The number of aliphatic carboxylic acids is 1. The topological polar surface area (TPSA) is 49.3 Å². The number of rotatable bonds is 5. The highest BCUT2D eigenvalue weighted by Crippen LogP contribution is 2.34. The lowest BCUT2D eigenvalue weighted by Crippen LogP contribution is -2.34. The third kappa shape index (κ3) is 4.59. The fourth-order valence-corrected chi connectivity index (χ4v) is 1.94. The Balaban J connectivity index is 2.94. The van der Waals surface area contributed by atoms with Crippen LogP contribution in [0, 0.1) is 17.0 Å². The molecular weight excluding hydrogens is 252 g/mol. The van der Waals surface area contributed by atoms with Crippen molar-refractivity contribution >= 4 is 5.97 Å². The molecule has 0 aliphatic heterocycles. The Hall–Kier alpha value is -1.49. The molecule has 0 heterocycles. The Bertz CT molecular complexity index is 455. The smallest absolute Gasteiger partial charge is 0.304 e. The predicted molar refractivity (Wildman–Crippen MR) is 68.8 cm³/mol. The Morgan fingerprint density at radius 1 is 1.37 bits per heavy atom. The van der Waals surface area contributed by atoms with E-state index in [0.29, 0.717) is 5.56 Å². The number of hydrogen-bond donors (Lipinski definition) is 2. The van der Waals surface area contributed by atoms with Crippen molar-refractivity contribution in [1.82, 2.24) is 5.32 Å². The minimum Gasteiger partial charge on any atom is -0.481 e. The summed E-state index contributed by atoms with van der Waals surface area (Å²) in [5.74, 6) is -2.16. The highest BCUT2D eigenvalue weighted by molar-refractivity contribution is 5.66. The second kappa shape index (κ2) is 6.10. The second-order valence-corrected chi connectivity index (χ2v) is 5.56. The molecule has 1 rings (SSSR count). The number of nitrogens with one attached hydrogen (secondary N) is 1. The highest BCUT2D eigenvalue weighted by atomic mass is 19.1. The van der Waals surface area contributed by atoms with E-state index in [2.05, 4.69) is 5.32 Å². The lowest BCUT2D eigenvalue weighted by molar-refractivity contribution is -0.136. The third-order valence-electron chi connectivity index (χ3n) is 2.83. The molecule has 0 fully saturated rings. The molecule has 1 aromatic rings. The van der Waals surface area contributed by atoms with Gasteiger partial charge in [-0.1, -0.05) is 26.8 Å². The van der Waals surface area contributed by atoms with E-state index in [0.717, 1.165) is 6.07 Å². The Morgan fingerprint density at radius 3 is 2.47 bits per heavy atom. The van der Waals surface area contributed by atoms with Crippen LogP contribution in [-0.2, 0) is 4.79 Å². The largest absolute Gasteiger partial charge is 0.481 e. The van der Waals surface area contributed by atoms with E-state index in [9.17, 15) is 13.6 Å². The summed E-state index contributed by atoms with van der Waals surface area (Å²) < 4.78 is 26.7. The zero-order valence-corrected chi connectivity index (χ0v) is 11.3. The van der Waals surface area contributed by atoms with Gasteiger partial charge in [0.25, 0.3) is 0 Å². The zero-order chi connectivity index (χ0) is 14.6. The number of carboxylic acids is 1. The summed E-state index contributed by atoms with van der Waals surface area (Å²) in [5, 5.41) is 11.7. The van der Waals surface area contributed by atoms with E-state index in [4.69, 9.17) is 5.11 Å². The number of hydrogen-bond acceptors (Lipinski definition) is 2. The second-order valence-electron chi connectivity index (χ2n) is 5.56. The van der Waals surface area contributed by atoms with Gasteiger partial charge in [-0.15, -0.1) is 0 Å². The first kappa shape index (κ1) is 15.6. The van der Waals surface area contributed by atoms with Crippen molar-refractivity contribution in [3.05, 3.63) is 35.4 Å². The van der Waals surface area contributed by atoms with E-state index in [1.54, 1.807) is 0 Å². The van der Waals surface area contributed by atoms with Gasteiger partial charge in [-0.2, -0.15) is 0 Å². The predicted octanol–water partition coefficient (Wildman–Crippen LogP) is 3.12. The molecule has 106 valence electrons. The summed E-state index contributed by atoms with van der Waals surface area (Å²) in [6.07, 6.45) is -0.0462.